The van der Waals surface area contributed by atoms with E-state index < -0.39 is 0 Å². The van der Waals surface area contributed by atoms with Gasteiger partial charge in [-0.2, -0.15) is 0 Å². The van der Waals surface area contributed by atoms with Crippen molar-refractivity contribution in [2.45, 2.75) is 17.7 Å². The van der Waals surface area contributed by atoms with E-state index >= 15 is 0 Å². The van der Waals surface area contributed by atoms with Gasteiger partial charge < -0.3 is 19.7 Å². The summed E-state index contributed by atoms with van der Waals surface area (Å²) < 4.78 is 11.2. The van der Waals surface area contributed by atoms with E-state index in [1.807, 2.05) is 30.3 Å². The van der Waals surface area contributed by atoms with Crippen LogP contribution in [0.3, 0.4) is 0 Å². The van der Waals surface area contributed by atoms with Gasteiger partial charge in [0.05, 0.1) is 5.75 Å². The molecule has 0 spiro atoms. The molecule has 2 fully saturated rings. The van der Waals surface area contributed by atoms with Crippen LogP contribution in [0.5, 0.6) is 11.5 Å². The standard InChI is InChI=1S/C24H29N3O3S/c28-24(17-31-21-6-7-22-23(15-21)30-13-12-29-22)25-19-2-1-3-20(14-19)27-10-8-26(9-11-27)16-18-4-5-18/h1-3,6-7,14-15,18H,4-5,8-13,16-17H2,(H,25,28). The third-order valence-electron chi connectivity index (χ3n) is 5.96. The van der Waals surface area contributed by atoms with Crippen LogP contribution in [0.1, 0.15) is 12.8 Å². The molecule has 1 saturated carbocycles. The maximum absolute atomic E-state index is 12.5. The van der Waals surface area contributed by atoms with Crippen molar-refractivity contribution in [3.63, 3.8) is 0 Å². The number of benzene rings is 2. The number of rotatable bonds is 7. The van der Waals surface area contributed by atoms with Gasteiger partial charge >= 0.3 is 0 Å². The Balaban J connectivity index is 1.12. The van der Waals surface area contributed by atoms with Crippen LogP contribution in [0, 0.1) is 5.92 Å². The molecular formula is C24H29N3O3S. The predicted octanol–water partition coefficient (Wildman–Crippen LogP) is 3.72. The fourth-order valence-corrected chi connectivity index (χ4v) is 4.82. The number of nitrogens with zero attached hydrogens (tertiary/aromatic N) is 2. The molecule has 0 atom stereocenters. The van der Waals surface area contributed by atoms with Crippen LogP contribution >= 0.6 is 11.8 Å². The van der Waals surface area contributed by atoms with Crippen molar-refractivity contribution >= 4 is 29.0 Å². The third-order valence-corrected chi connectivity index (χ3v) is 6.96. The fraction of sp³-hybridized carbons (Fsp3) is 0.458. The first-order valence-electron chi connectivity index (χ1n) is 11.1. The number of thioether (sulfide) groups is 1. The molecule has 164 valence electrons. The summed E-state index contributed by atoms with van der Waals surface area (Å²) >= 11 is 1.50. The normalized spacial score (nSPS) is 18.6. The predicted molar refractivity (Wildman–Crippen MR) is 125 cm³/mol. The molecule has 0 bridgehead atoms. The van der Waals surface area contributed by atoms with Crippen molar-refractivity contribution < 1.29 is 14.3 Å². The minimum absolute atomic E-state index is 0.00806. The summed E-state index contributed by atoms with van der Waals surface area (Å²) in [6, 6.07) is 14.0. The zero-order chi connectivity index (χ0) is 21.0. The Hall–Kier alpha value is -2.38. The lowest BCUT2D eigenvalue weighted by molar-refractivity contribution is -0.113. The van der Waals surface area contributed by atoms with Crippen LogP contribution in [0.15, 0.2) is 47.4 Å². The molecular weight excluding hydrogens is 410 g/mol. The lowest BCUT2D eigenvalue weighted by atomic mass is 10.2. The van der Waals surface area contributed by atoms with Gasteiger partial charge in [0.15, 0.2) is 11.5 Å². The second-order valence-corrected chi connectivity index (χ2v) is 9.47. The van der Waals surface area contributed by atoms with E-state index in [-0.39, 0.29) is 5.91 Å². The van der Waals surface area contributed by atoms with Crippen molar-refractivity contribution in [1.82, 2.24) is 4.90 Å². The summed E-state index contributed by atoms with van der Waals surface area (Å²) in [5, 5.41) is 3.04. The highest BCUT2D eigenvalue weighted by Crippen LogP contribution is 2.34. The van der Waals surface area contributed by atoms with Crippen LogP contribution < -0.4 is 19.7 Å². The van der Waals surface area contributed by atoms with Crippen LogP contribution in [-0.2, 0) is 4.79 Å². The minimum atomic E-state index is -0.00806. The van der Waals surface area contributed by atoms with Crippen LogP contribution in [0.4, 0.5) is 11.4 Å². The molecule has 1 saturated heterocycles. The highest BCUT2D eigenvalue weighted by molar-refractivity contribution is 8.00. The molecule has 2 heterocycles. The Bertz CT molecular complexity index is 926. The van der Waals surface area contributed by atoms with Gasteiger partial charge in [0, 0.05) is 49.0 Å². The minimum Gasteiger partial charge on any atom is -0.486 e. The number of ether oxygens (including phenoxy) is 2. The van der Waals surface area contributed by atoms with Crippen molar-refractivity contribution in [1.29, 1.82) is 0 Å². The molecule has 0 unspecified atom stereocenters. The Morgan fingerprint density at radius 1 is 1.00 bits per heavy atom. The van der Waals surface area contributed by atoms with Gasteiger partial charge in [0.25, 0.3) is 0 Å². The fourth-order valence-electron chi connectivity index (χ4n) is 4.09. The van der Waals surface area contributed by atoms with Crippen LogP contribution in [-0.4, -0.2) is 62.5 Å². The number of hydrogen-bond donors (Lipinski definition) is 1. The largest absolute Gasteiger partial charge is 0.486 e. The second-order valence-electron chi connectivity index (χ2n) is 8.42. The molecule has 2 aromatic rings. The Morgan fingerprint density at radius 2 is 1.81 bits per heavy atom. The van der Waals surface area contributed by atoms with Gasteiger partial charge in [0.1, 0.15) is 13.2 Å². The van der Waals surface area contributed by atoms with E-state index in [9.17, 15) is 4.79 Å². The molecule has 6 nitrogen and oxygen atoms in total. The molecule has 1 N–H and O–H groups in total. The molecule has 31 heavy (non-hydrogen) atoms. The Morgan fingerprint density at radius 3 is 2.61 bits per heavy atom. The van der Waals surface area contributed by atoms with Gasteiger partial charge in [-0.15, -0.1) is 11.8 Å². The number of nitrogens with one attached hydrogen (secondary N) is 1. The highest BCUT2D eigenvalue weighted by atomic mass is 32.2. The lowest BCUT2D eigenvalue weighted by Crippen LogP contribution is -2.47. The van der Waals surface area contributed by atoms with Gasteiger partial charge in [-0.3, -0.25) is 9.69 Å². The third kappa shape index (κ3) is 5.46. The van der Waals surface area contributed by atoms with E-state index in [1.54, 1.807) is 0 Å². The Labute approximate surface area is 187 Å². The SMILES string of the molecule is O=C(CSc1ccc2c(c1)OCCO2)Nc1cccc(N2CCN(CC3CC3)CC2)c1. The zero-order valence-electron chi connectivity index (χ0n) is 17.7. The summed E-state index contributed by atoms with van der Waals surface area (Å²) in [4.78, 5) is 18.5. The molecule has 2 aromatic carbocycles. The molecule has 7 heteroatoms. The van der Waals surface area contributed by atoms with Crippen LogP contribution in [0.2, 0.25) is 0 Å². The first kappa shape index (κ1) is 20.5. The monoisotopic (exact) mass is 439 g/mol. The maximum atomic E-state index is 12.5. The first-order valence-corrected chi connectivity index (χ1v) is 12.1. The summed E-state index contributed by atoms with van der Waals surface area (Å²) in [6.07, 6.45) is 2.82. The molecule has 1 aliphatic carbocycles. The molecule has 3 aliphatic rings. The van der Waals surface area contributed by atoms with E-state index in [2.05, 4.69) is 27.2 Å². The van der Waals surface area contributed by atoms with Crippen molar-refractivity contribution in [3.8, 4) is 11.5 Å². The summed E-state index contributed by atoms with van der Waals surface area (Å²) in [6.45, 7) is 6.75. The number of hydrogen-bond acceptors (Lipinski definition) is 6. The summed E-state index contributed by atoms with van der Waals surface area (Å²) in [5.41, 5.74) is 2.04. The van der Waals surface area contributed by atoms with E-state index in [0.717, 1.165) is 54.2 Å². The zero-order valence-corrected chi connectivity index (χ0v) is 18.5. The first-order chi connectivity index (χ1) is 15.2. The number of anilines is 2. The van der Waals surface area contributed by atoms with Crippen molar-refractivity contribution in [2.75, 3.05) is 61.9 Å². The lowest BCUT2D eigenvalue weighted by Gasteiger charge is -2.36. The number of carbonyl (C=O) groups excluding carboxylic acids is 1. The maximum Gasteiger partial charge on any atom is 0.234 e. The Kier molecular flexibility index (Phi) is 6.22. The number of amides is 1. The smallest absolute Gasteiger partial charge is 0.234 e. The molecule has 0 aromatic heterocycles. The van der Waals surface area contributed by atoms with Gasteiger partial charge in [-0.25, -0.2) is 0 Å². The van der Waals surface area contributed by atoms with E-state index in [0.29, 0.717) is 19.0 Å². The van der Waals surface area contributed by atoms with Gasteiger partial charge in [-0.05, 0) is 55.2 Å². The summed E-state index contributed by atoms with van der Waals surface area (Å²) in [7, 11) is 0. The molecule has 2 aliphatic heterocycles. The van der Waals surface area contributed by atoms with Crippen molar-refractivity contribution in [3.05, 3.63) is 42.5 Å². The number of piperazine rings is 1. The number of carbonyl (C=O) groups is 1. The van der Waals surface area contributed by atoms with E-state index in [1.165, 1.54) is 36.8 Å². The molecule has 5 rings (SSSR count). The summed E-state index contributed by atoms with van der Waals surface area (Å²) in [5.74, 6) is 2.81. The topological polar surface area (TPSA) is 54.0 Å². The second kappa shape index (κ2) is 9.40. The average molecular weight is 440 g/mol. The van der Waals surface area contributed by atoms with Gasteiger partial charge in [-0.1, -0.05) is 6.07 Å². The number of fused-ring (bicyclic) bond motifs is 1. The quantitative estimate of drug-likeness (QED) is 0.664. The highest BCUT2D eigenvalue weighted by Gasteiger charge is 2.26. The van der Waals surface area contributed by atoms with E-state index in [4.69, 9.17) is 9.47 Å². The average Bonchev–Trinajstić information content (AvgIpc) is 3.62. The van der Waals surface area contributed by atoms with Crippen molar-refractivity contribution in [2.24, 2.45) is 5.92 Å². The van der Waals surface area contributed by atoms with Gasteiger partial charge in [0.2, 0.25) is 5.91 Å². The molecule has 1 amide bonds. The molecule has 0 radical (unpaired) electrons. The van der Waals surface area contributed by atoms with Crippen LogP contribution in [0.25, 0.3) is 0 Å².